The summed E-state index contributed by atoms with van der Waals surface area (Å²) < 4.78 is 38.2. The average molecular weight is 307 g/mol. The number of rotatable bonds is 5. The van der Waals surface area contributed by atoms with E-state index < -0.39 is 22.7 Å². The normalized spacial score (nSPS) is 10.9. The summed E-state index contributed by atoms with van der Waals surface area (Å²) in [4.78, 5) is 11.8. The number of carboxylic acids is 1. The predicted molar refractivity (Wildman–Crippen MR) is 66.5 cm³/mol. The number of benzene rings is 1. The fourth-order valence-corrected chi connectivity index (χ4v) is 1.77. The van der Waals surface area contributed by atoms with E-state index >= 15 is 0 Å². The van der Waals surface area contributed by atoms with Gasteiger partial charge >= 0.3 is 12.1 Å². The van der Waals surface area contributed by atoms with Crippen LogP contribution in [0.2, 0.25) is 5.02 Å². The van der Waals surface area contributed by atoms with E-state index in [2.05, 4.69) is 0 Å². The fourth-order valence-electron chi connectivity index (χ4n) is 1.54. The molecule has 20 heavy (non-hydrogen) atoms. The van der Waals surface area contributed by atoms with Crippen LogP contribution in [0.4, 0.5) is 18.9 Å². The number of anilines is 1. The van der Waals surface area contributed by atoms with Crippen molar-refractivity contribution in [2.75, 3.05) is 18.0 Å². The summed E-state index contributed by atoms with van der Waals surface area (Å²) in [7, 11) is 0. The summed E-state index contributed by atoms with van der Waals surface area (Å²) in [5.41, 5.74) is -0.917. The molecule has 0 aliphatic rings. The van der Waals surface area contributed by atoms with Gasteiger partial charge < -0.3 is 10.0 Å². The molecule has 4 nitrogen and oxygen atoms in total. The molecule has 108 valence electrons. The van der Waals surface area contributed by atoms with Gasteiger partial charge in [-0.05, 0) is 18.2 Å². The highest BCUT2D eigenvalue weighted by atomic mass is 35.5. The van der Waals surface area contributed by atoms with E-state index in [4.69, 9.17) is 22.0 Å². The highest BCUT2D eigenvalue weighted by molar-refractivity contribution is 6.31. The maximum atomic E-state index is 12.7. The van der Waals surface area contributed by atoms with Crippen LogP contribution < -0.4 is 4.90 Å². The largest absolute Gasteiger partial charge is 0.481 e. The third-order valence-corrected chi connectivity index (χ3v) is 2.81. The number of alkyl halides is 3. The van der Waals surface area contributed by atoms with E-state index in [1.807, 2.05) is 0 Å². The quantitative estimate of drug-likeness (QED) is 0.849. The molecule has 0 saturated heterocycles. The monoisotopic (exact) mass is 306 g/mol. The molecular formula is C12H10ClF3N2O2. The molecule has 1 N–H and O–H groups in total. The molecule has 0 aliphatic carbocycles. The summed E-state index contributed by atoms with van der Waals surface area (Å²) in [6.07, 6.45) is -4.90. The first kappa shape index (κ1) is 16.1. The highest BCUT2D eigenvalue weighted by Crippen LogP contribution is 2.36. The number of nitrogens with zero attached hydrogens (tertiary/aromatic N) is 2. The molecule has 0 radical (unpaired) electrons. The third kappa shape index (κ3) is 4.31. The first-order valence-electron chi connectivity index (χ1n) is 5.46. The number of hydrogen-bond acceptors (Lipinski definition) is 3. The Morgan fingerprint density at radius 1 is 1.45 bits per heavy atom. The SMILES string of the molecule is N#CCN(CCC(=O)O)c1ccc(Cl)c(C(F)(F)F)c1. The summed E-state index contributed by atoms with van der Waals surface area (Å²) in [6, 6.07) is 4.98. The van der Waals surface area contributed by atoms with E-state index in [1.54, 1.807) is 6.07 Å². The smallest absolute Gasteiger partial charge is 0.417 e. The predicted octanol–water partition coefficient (Wildman–Crippen LogP) is 3.16. The number of halogens is 4. The van der Waals surface area contributed by atoms with Crippen molar-refractivity contribution in [2.24, 2.45) is 0 Å². The zero-order valence-corrected chi connectivity index (χ0v) is 10.9. The minimum Gasteiger partial charge on any atom is -0.481 e. The first-order valence-corrected chi connectivity index (χ1v) is 5.84. The molecule has 1 aromatic rings. The van der Waals surface area contributed by atoms with Gasteiger partial charge in [-0.15, -0.1) is 0 Å². The Morgan fingerprint density at radius 2 is 2.10 bits per heavy atom. The van der Waals surface area contributed by atoms with Gasteiger partial charge in [0.1, 0.15) is 6.54 Å². The zero-order valence-electron chi connectivity index (χ0n) is 10.1. The molecule has 1 rings (SSSR count). The van der Waals surface area contributed by atoms with E-state index in [1.165, 1.54) is 11.0 Å². The Labute approximate surface area is 118 Å². The van der Waals surface area contributed by atoms with Crippen LogP contribution in [0.25, 0.3) is 0 Å². The van der Waals surface area contributed by atoms with Gasteiger partial charge in [0.05, 0.1) is 23.1 Å². The Hall–Kier alpha value is -1.94. The van der Waals surface area contributed by atoms with Gasteiger partial charge in [0, 0.05) is 12.2 Å². The van der Waals surface area contributed by atoms with Crippen LogP contribution in [0.15, 0.2) is 18.2 Å². The standard InChI is InChI=1S/C12H10ClF3N2O2/c13-10-2-1-8(7-9(10)12(14,15)16)18(6-4-17)5-3-11(19)20/h1-2,7H,3,5-6H2,(H,19,20). The second-order valence-electron chi connectivity index (χ2n) is 3.89. The molecule has 0 saturated carbocycles. The second-order valence-corrected chi connectivity index (χ2v) is 4.29. The minimum atomic E-state index is -4.61. The summed E-state index contributed by atoms with van der Waals surface area (Å²) in [5, 5.41) is 16.8. The minimum absolute atomic E-state index is 0.0676. The Bertz CT molecular complexity index is 540. The number of hydrogen-bond donors (Lipinski definition) is 1. The summed E-state index contributed by atoms with van der Waals surface area (Å²) >= 11 is 5.49. The zero-order chi connectivity index (χ0) is 15.3. The number of nitriles is 1. The maximum Gasteiger partial charge on any atom is 0.417 e. The molecule has 0 heterocycles. The molecule has 0 spiro atoms. The van der Waals surface area contributed by atoms with Crippen molar-refractivity contribution >= 4 is 23.3 Å². The second kappa shape index (κ2) is 6.48. The first-order chi connectivity index (χ1) is 9.25. The Morgan fingerprint density at radius 3 is 2.60 bits per heavy atom. The van der Waals surface area contributed by atoms with E-state index in [0.29, 0.717) is 0 Å². The van der Waals surface area contributed by atoms with Crippen LogP contribution in [0.5, 0.6) is 0 Å². The van der Waals surface area contributed by atoms with Gasteiger partial charge in [-0.2, -0.15) is 18.4 Å². The highest BCUT2D eigenvalue weighted by Gasteiger charge is 2.33. The van der Waals surface area contributed by atoms with Crippen LogP contribution in [-0.2, 0) is 11.0 Å². The molecule has 0 aliphatic heterocycles. The Balaban J connectivity index is 3.08. The molecule has 0 fully saturated rings. The number of carboxylic acid groups (broad SMARTS) is 1. The molecule has 0 atom stereocenters. The van der Waals surface area contributed by atoms with Gasteiger partial charge in [-0.1, -0.05) is 11.6 Å². The van der Waals surface area contributed by atoms with Crippen LogP contribution in [0.3, 0.4) is 0 Å². The van der Waals surface area contributed by atoms with Gasteiger partial charge in [0.15, 0.2) is 0 Å². The van der Waals surface area contributed by atoms with Crippen LogP contribution in [0.1, 0.15) is 12.0 Å². The Kier molecular flexibility index (Phi) is 5.22. The lowest BCUT2D eigenvalue weighted by Crippen LogP contribution is -2.26. The third-order valence-electron chi connectivity index (χ3n) is 2.48. The molecule has 0 unspecified atom stereocenters. The van der Waals surface area contributed by atoms with Crippen molar-refractivity contribution in [3.63, 3.8) is 0 Å². The maximum absolute atomic E-state index is 12.7. The average Bonchev–Trinajstić information content (AvgIpc) is 2.33. The van der Waals surface area contributed by atoms with E-state index in [9.17, 15) is 18.0 Å². The van der Waals surface area contributed by atoms with Gasteiger partial charge in [0.2, 0.25) is 0 Å². The molecular weight excluding hydrogens is 297 g/mol. The lowest BCUT2D eigenvalue weighted by Gasteiger charge is -2.22. The van der Waals surface area contributed by atoms with Crippen molar-refractivity contribution in [3.8, 4) is 6.07 Å². The fraction of sp³-hybridized carbons (Fsp3) is 0.333. The van der Waals surface area contributed by atoms with Crippen molar-refractivity contribution in [1.29, 1.82) is 5.26 Å². The van der Waals surface area contributed by atoms with Crippen LogP contribution in [0, 0.1) is 11.3 Å². The number of carbonyl (C=O) groups is 1. The van der Waals surface area contributed by atoms with Gasteiger partial charge in [-0.25, -0.2) is 0 Å². The van der Waals surface area contributed by atoms with Gasteiger partial charge in [-0.3, -0.25) is 4.79 Å². The molecule has 0 aromatic heterocycles. The van der Waals surface area contributed by atoms with Crippen LogP contribution in [-0.4, -0.2) is 24.2 Å². The van der Waals surface area contributed by atoms with Crippen molar-refractivity contribution in [1.82, 2.24) is 0 Å². The summed E-state index contributed by atoms with van der Waals surface area (Å²) in [5.74, 6) is -1.10. The molecule has 0 amide bonds. The summed E-state index contributed by atoms with van der Waals surface area (Å²) in [6.45, 7) is -0.284. The lowest BCUT2D eigenvalue weighted by atomic mass is 10.1. The molecule has 0 bridgehead atoms. The molecule has 8 heteroatoms. The van der Waals surface area contributed by atoms with E-state index in [0.717, 1.165) is 12.1 Å². The van der Waals surface area contributed by atoms with E-state index in [-0.39, 0.29) is 25.2 Å². The van der Waals surface area contributed by atoms with Crippen LogP contribution >= 0.6 is 11.6 Å². The molecule has 1 aromatic carbocycles. The number of aliphatic carboxylic acids is 1. The van der Waals surface area contributed by atoms with Crippen molar-refractivity contribution in [3.05, 3.63) is 28.8 Å². The lowest BCUT2D eigenvalue weighted by molar-refractivity contribution is -0.138. The van der Waals surface area contributed by atoms with Crippen molar-refractivity contribution in [2.45, 2.75) is 12.6 Å². The topological polar surface area (TPSA) is 64.3 Å². The van der Waals surface area contributed by atoms with Gasteiger partial charge in [0.25, 0.3) is 0 Å². The van der Waals surface area contributed by atoms with Crippen molar-refractivity contribution < 1.29 is 23.1 Å².